The maximum absolute atomic E-state index is 13.4. The second-order valence-corrected chi connectivity index (χ2v) is 6.59. The van der Waals surface area contributed by atoms with Crippen molar-refractivity contribution >= 4 is 17.5 Å². The number of aliphatic hydroxyl groups is 1. The van der Waals surface area contributed by atoms with E-state index in [1.54, 1.807) is 18.2 Å². The number of imidazole rings is 1. The van der Waals surface area contributed by atoms with Crippen molar-refractivity contribution in [1.82, 2.24) is 19.3 Å². The van der Waals surface area contributed by atoms with Crippen molar-refractivity contribution in [3.05, 3.63) is 78.1 Å². The monoisotopic (exact) mass is 405 g/mol. The van der Waals surface area contributed by atoms with Crippen molar-refractivity contribution in [2.45, 2.75) is 6.54 Å². The summed E-state index contributed by atoms with van der Waals surface area (Å²) in [6, 6.07) is 14.4. The predicted molar refractivity (Wildman–Crippen MR) is 107 cm³/mol. The van der Waals surface area contributed by atoms with Crippen LogP contribution in [0.5, 0.6) is 0 Å². The highest BCUT2D eigenvalue weighted by Crippen LogP contribution is 2.23. The number of carbonyl (C=O) groups excluding carboxylic acids is 2. The van der Waals surface area contributed by atoms with Crippen LogP contribution in [0, 0.1) is 0 Å². The van der Waals surface area contributed by atoms with Gasteiger partial charge in [0.1, 0.15) is 17.7 Å². The zero-order chi connectivity index (χ0) is 21.1. The van der Waals surface area contributed by atoms with Gasteiger partial charge in [-0.3, -0.25) is 14.0 Å². The van der Waals surface area contributed by atoms with E-state index >= 15 is 0 Å². The van der Waals surface area contributed by atoms with Crippen LogP contribution in [0.4, 0.5) is 0 Å². The summed E-state index contributed by atoms with van der Waals surface area (Å²) in [4.78, 5) is 35.2. The van der Waals surface area contributed by atoms with Gasteiger partial charge < -0.3 is 20.2 Å². The average Bonchev–Trinajstić information content (AvgIpc) is 3.43. The molecule has 0 radical (unpaired) electrons. The third kappa shape index (κ3) is 3.65. The van der Waals surface area contributed by atoms with E-state index in [4.69, 9.17) is 10.2 Å². The van der Waals surface area contributed by atoms with Crippen molar-refractivity contribution in [3.63, 3.8) is 0 Å². The Labute approximate surface area is 171 Å². The quantitative estimate of drug-likeness (QED) is 0.482. The second kappa shape index (κ2) is 8.18. The molecule has 0 unspecified atom stereocenters. The normalized spacial score (nSPS) is 11.0. The predicted octanol–water partition coefficient (Wildman–Crippen LogP) is 1.72. The van der Waals surface area contributed by atoms with Crippen molar-refractivity contribution < 1.29 is 19.1 Å². The van der Waals surface area contributed by atoms with Crippen LogP contribution < -0.4 is 5.73 Å². The Kier molecular flexibility index (Phi) is 5.27. The molecule has 4 rings (SSSR count). The van der Waals surface area contributed by atoms with E-state index in [9.17, 15) is 14.7 Å². The van der Waals surface area contributed by atoms with Crippen molar-refractivity contribution in [2.75, 3.05) is 13.2 Å². The minimum absolute atomic E-state index is 0.0470. The van der Waals surface area contributed by atoms with Crippen LogP contribution in [0.15, 0.2) is 65.5 Å². The first kappa shape index (κ1) is 19.3. The molecule has 9 nitrogen and oxygen atoms in total. The van der Waals surface area contributed by atoms with Crippen molar-refractivity contribution in [3.8, 4) is 11.5 Å². The number of rotatable bonds is 7. The molecule has 0 aliphatic rings. The van der Waals surface area contributed by atoms with Gasteiger partial charge in [-0.25, -0.2) is 9.97 Å². The summed E-state index contributed by atoms with van der Waals surface area (Å²) in [6.07, 6.45) is 2.82. The molecular weight excluding hydrogens is 386 g/mol. The van der Waals surface area contributed by atoms with E-state index in [0.717, 1.165) is 5.56 Å². The minimum Gasteiger partial charge on any atom is -0.463 e. The molecular formula is C21H19N5O4. The van der Waals surface area contributed by atoms with E-state index in [2.05, 4.69) is 9.97 Å². The molecule has 3 aromatic heterocycles. The molecule has 9 heteroatoms. The Bertz CT molecular complexity index is 1190. The van der Waals surface area contributed by atoms with E-state index in [-0.39, 0.29) is 36.1 Å². The molecule has 2 amide bonds. The molecule has 0 bridgehead atoms. The number of nitrogens with zero attached hydrogens (tertiary/aromatic N) is 4. The third-order valence-electron chi connectivity index (χ3n) is 4.60. The fourth-order valence-electron chi connectivity index (χ4n) is 3.20. The van der Waals surface area contributed by atoms with Gasteiger partial charge in [-0.1, -0.05) is 30.3 Å². The van der Waals surface area contributed by atoms with Crippen LogP contribution in [0.3, 0.4) is 0 Å². The summed E-state index contributed by atoms with van der Waals surface area (Å²) in [5.74, 6) is -0.682. The van der Waals surface area contributed by atoms with Crippen LogP contribution in [0.25, 0.3) is 17.1 Å². The summed E-state index contributed by atoms with van der Waals surface area (Å²) < 4.78 is 6.83. The van der Waals surface area contributed by atoms with E-state index in [0.29, 0.717) is 18.0 Å². The molecule has 3 N–H and O–H groups in total. The highest BCUT2D eigenvalue weighted by Gasteiger charge is 2.23. The minimum atomic E-state index is -0.753. The zero-order valence-electron chi connectivity index (χ0n) is 15.9. The largest absolute Gasteiger partial charge is 0.463 e. The zero-order valence-corrected chi connectivity index (χ0v) is 15.9. The maximum Gasteiger partial charge on any atom is 0.271 e. The van der Waals surface area contributed by atoms with Crippen LogP contribution in [0.1, 0.15) is 26.5 Å². The number of primary amides is 1. The SMILES string of the molecule is NC(=O)c1ncn2c(C(=O)N(CCO)Cc3ccccc3)cc(-c3ccco3)nc12. The summed E-state index contributed by atoms with van der Waals surface area (Å²) in [7, 11) is 0. The fraction of sp³-hybridized carbons (Fsp3) is 0.143. The molecule has 1 aromatic carbocycles. The Hall–Kier alpha value is -3.98. The summed E-state index contributed by atoms with van der Waals surface area (Å²) in [5, 5.41) is 9.50. The maximum atomic E-state index is 13.4. The number of hydrogen-bond acceptors (Lipinski definition) is 6. The number of furan rings is 1. The van der Waals surface area contributed by atoms with Crippen LogP contribution >= 0.6 is 0 Å². The topological polar surface area (TPSA) is 127 Å². The van der Waals surface area contributed by atoms with Gasteiger partial charge in [-0.2, -0.15) is 0 Å². The number of amides is 2. The smallest absolute Gasteiger partial charge is 0.271 e. The molecule has 0 aliphatic carbocycles. The molecule has 0 spiro atoms. The number of carbonyl (C=O) groups is 2. The summed E-state index contributed by atoms with van der Waals surface area (Å²) in [6.45, 7) is 0.233. The van der Waals surface area contributed by atoms with Gasteiger partial charge in [0.2, 0.25) is 0 Å². The molecule has 30 heavy (non-hydrogen) atoms. The lowest BCUT2D eigenvalue weighted by molar-refractivity contribution is 0.0700. The molecule has 0 saturated heterocycles. The van der Waals surface area contributed by atoms with E-state index in [1.807, 2.05) is 30.3 Å². The van der Waals surface area contributed by atoms with Gasteiger partial charge in [-0.05, 0) is 23.8 Å². The number of benzene rings is 1. The second-order valence-electron chi connectivity index (χ2n) is 6.59. The molecule has 3 heterocycles. The molecule has 4 aromatic rings. The Balaban J connectivity index is 1.83. The standard InChI is InChI=1S/C21H19N5O4/c22-19(28)18-20-24-15(17-7-4-10-30-17)11-16(26(20)13-23-18)21(29)25(8-9-27)12-14-5-2-1-3-6-14/h1-7,10-11,13,27H,8-9,12H2,(H2,22,28). The lowest BCUT2D eigenvalue weighted by atomic mass is 10.2. The summed E-state index contributed by atoms with van der Waals surface area (Å²) >= 11 is 0. The van der Waals surface area contributed by atoms with Crippen LogP contribution in [-0.4, -0.2) is 49.3 Å². The molecule has 0 aliphatic heterocycles. The third-order valence-corrected chi connectivity index (χ3v) is 4.60. The van der Waals surface area contributed by atoms with Crippen LogP contribution in [-0.2, 0) is 6.54 Å². The number of fused-ring (bicyclic) bond motifs is 1. The lowest BCUT2D eigenvalue weighted by Gasteiger charge is -2.22. The number of hydrogen-bond donors (Lipinski definition) is 2. The van der Waals surface area contributed by atoms with E-state index < -0.39 is 5.91 Å². The van der Waals surface area contributed by atoms with E-state index in [1.165, 1.54) is 21.9 Å². The van der Waals surface area contributed by atoms with Crippen LogP contribution in [0.2, 0.25) is 0 Å². The van der Waals surface area contributed by atoms with Crippen molar-refractivity contribution in [1.29, 1.82) is 0 Å². The molecule has 0 atom stereocenters. The first-order valence-electron chi connectivity index (χ1n) is 9.24. The van der Waals surface area contributed by atoms with Gasteiger partial charge in [0.15, 0.2) is 17.1 Å². The van der Waals surface area contributed by atoms with Gasteiger partial charge in [0, 0.05) is 13.1 Å². The molecule has 152 valence electrons. The Morgan fingerprint density at radius 1 is 1.17 bits per heavy atom. The highest BCUT2D eigenvalue weighted by molar-refractivity contribution is 5.99. The summed E-state index contributed by atoms with van der Waals surface area (Å²) in [5.41, 5.74) is 7.03. The lowest BCUT2D eigenvalue weighted by Crippen LogP contribution is -2.34. The number of nitrogens with two attached hydrogens (primary N) is 1. The molecule has 0 saturated carbocycles. The Morgan fingerprint density at radius 2 is 1.97 bits per heavy atom. The number of aromatic nitrogens is 3. The average molecular weight is 405 g/mol. The van der Waals surface area contributed by atoms with Gasteiger partial charge in [0.25, 0.3) is 11.8 Å². The molecule has 0 fully saturated rings. The van der Waals surface area contributed by atoms with Crippen molar-refractivity contribution in [2.24, 2.45) is 5.73 Å². The van der Waals surface area contributed by atoms with Gasteiger partial charge in [0.05, 0.1) is 12.9 Å². The highest BCUT2D eigenvalue weighted by atomic mass is 16.3. The first-order valence-corrected chi connectivity index (χ1v) is 9.24. The van der Waals surface area contributed by atoms with Gasteiger partial charge >= 0.3 is 0 Å². The number of aliphatic hydroxyl groups excluding tert-OH is 1. The Morgan fingerprint density at radius 3 is 2.63 bits per heavy atom. The first-order chi connectivity index (χ1) is 14.6. The fourth-order valence-corrected chi connectivity index (χ4v) is 3.20. The van der Waals surface area contributed by atoms with Gasteiger partial charge in [-0.15, -0.1) is 0 Å².